The number of allylic oxidation sites excluding steroid dienone is 1. The number of aromatic amines is 1. The smallest absolute Gasteiger partial charge is 0.320 e. The number of amides is 2. The fraction of sp³-hybridized carbons (Fsp3) is 0.273. The molecule has 3 N–H and O–H groups in total. The largest absolute Gasteiger partial charge is 0.491 e. The molecule has 0 bridgehead atoms. The molecule has 0 radical (unpaired) electrons. The Bertz CT molecular complexity index is 978. The topological polar surface area (TPSA) is 104 Å². The van der Waals surface area contributed by atoms with Gasteiger partial charge in [-0.05, 0) is 31.2 Å². The number of ether oxygens (including phenoxy) is 1. The quantitative estimate of drug-likeness (QED) is 0.690. The van der Waals surface area contributed by atoms with E-state index in [4.69, 9.17) is 4.74 Å². The lowest BCUT2D eigenvalue weighted by atomic mass is 9.98. The molecule has 3 heterocycles. The van der Waals surface area contributed by atoms with Crippen molar-refractivity contribution in [3.8, 4) is 5.75 Å². The fourth-order valence-electron chi connectivity index (χ4n) is 3.24. The predicted molar refractivity (Wildman–Crippen MR) is 117 cm³/mol. The molecule has 0 saturated carbocycles. The van der Waals surface area contributed by atoms with Crippen LogP contribution in [0.4, 0.5) is 4.79 Å². The van der Waals surface area contributed by atoms with Crippen LogP contribution < -0.4 is 15.4 Å². The minimum absolute atomic E-state index is 0.00745. The summed E-state index contributed by atoms with van der Waals surface area (Å²) < 4.78 is 5.81. The first-order valence-electron chi connectivity index (χ1n) is 9.94. The highest BCUT2D eigenvalue weighted by molar-refractivity contribution is 6.11. The van der Waals surface area contributed by atoms with Gasteiger partial charge in [0.05, 0.1) is 24.4 Å². The molecule has 0 spiro atoms. The zero-order valence-electron chi connectivity index (χ0n) is 16.7. The van der Waals surface area contributed by atoms with Gasteiger partial charge in [-0.1, -0.05) is 24.3 Å². The number of nitrogens with one attached hydrogen (secondary N) is 3. The molecule has 0 fully saturated rings. The van der Waals surface area contributed by atoms with Crippen LogP contribution in [0.15, 0.2) is 70.9 Å². The Balaban J connectivity index is 1.25. The number of fused-ring (bicyclic) bond motifs is 1. The maximum Gasteiger partial charge on any atom is 0.320 e. The Morgan fingerprint density at radius 2 is 2.13 bits per heavy atom. The number of aromatic nitrogens is 2. The van der Waals surface area contributed by atoms with Gasteiger partial charge in [0.15, 0.2) is 0 Å². The molecular formula is C22H24N6O2. The van der Waals surface area contributed by atoms with Crippen LogP contribution >= 0.6 is 0 Å². The first-order chi connectivity index (χ1) is 14.7. The number of urea groups is 1. The predicted octanol–water partition coefficient (Wildman–Crippen LogP) is 2.74. The number of carbonyl (C=O) groups is 1. The summed E-state index contributed by atoms with van der Waals surface area (Å²) in [6, 6.07) is 9.15. The van der Waals surface area contributed by atoms with Gasteiger partial charge < -0.3 is 10.1 Å². The van der Waals surface area contributed by atoms with Crippen molar-refractivity contribution in [3.63, 3.8) is 0 Å². The van der Waals surface area contributed by atoms with Crippen LogP contribution in [0.3, 0.4) is 0 Å². The number of rotatable bonds is 6. The molecule has 2 unspecified atom stereocenters. The van der Waals surface area contributed by atoms with Crippen molar-refractivity contribution in [2.45, 2.75) is 31.5 Å². The number of aliphatic imine (C=N–C) groups is 2. The van der Waals surface area contributed by atoms with E-state index in [1.165, 1.54) is 0 Å². The van der Waals surface area contributed by atoms with Crippen molar-refractivity contribution in [2.24, 2.45) is 9.98 Å². The fourth-order valence-corrected chi connectivity index (χ4v) is 3.24. The van der Waals surface area contributed by atoms with E-state index in [1.807, 2.05) is 61.8 Å². The van der Waals surface area contributed by atoms with E-state index in [1.54, 1.807) is 12.3 Å². The number of hydrogen-bond donors (Lipinski definition) is 3. The molecule has 2 aliphatic rings. The Hall–Kier alpha value is -3.68. The minimum atomic E-state index is -0.290. The standard InChI is InChI=1S/C22H24N6O2/c1-15(30-18-5-3-2-4-6-18)9-10-23-22(29)28-21-8-7-19-20(27-21)11-16(12-24-19)17-13-25-26-14-17/h2-8,11-15,19-20H,9-10H2,1H3,(H,25,26)(H2,23,27,28,29)/t15-,19?,20?/m0/s1. The summed E-state index contributed by atoms with van der Waals surface area (Å²) in [5.74, 6) is 1.34. The maximum absolute atomic E-state index is 12.2. The lowest BCUT2D eigenvalue weighted by Crippen LogP contribution is -2.42. The molecule has 1 aromatic carbocycles. The molecule has 8 heteroatoms. The second kappa shape index (κ2) is 9.21. The normalized spacial score (nSPS) is 20.6. The van der Waals surface area contributed by atoms with Crippen LogP contribution in [0.25, 0.3) is 5.57 Å². The average molecular weight is 404 g/mol. The van der Waals surface area contributed by atoms with Crippen LogP contribution in [0.5, 0.6) is 5.75 Å². The number of dihydropyridines is 2. The van der Waals surface area contributed by atoms with Gasteiger partial charge in [-0.3, -0.25) is 20.4 Å². The average Bonchev–Trinajstić information content (AvgIpc) is 3.29. The lowest BCUT2D eigenvalue weighted by Gasteiger charge is -2.24. The van der Waals surface area contributed by atoms with Gasteiger partial charge in [0.1, 0.15) is 11.6 Å². The summed E-state index contributed by atoms with van der Waals surface area (Å²) >= 11 is 0. The third-order valence-electron chi connectivity index (χ3n) is 4.82. The second-order valence-corrected chi connectivity index (χ2v) is 7.15. The molecule has 2 aliphatic heterocycles. The Kier molecular flexibility index (Phi) is 6.03. The monoisotopic (exact) mass is 404 g/mol. The summed E-state index contributed by atoms with van der Waals surface area (Å²) in [6.45, 7) is 2.48. The van der Waals surface area contributed by atoms with Crippen molar-refractivity contribution < 1.29 is 9.53 Å². The Morgan fingerprint density at radius 3 is 2.93 bits per heavy atom. The molecule has 0 aliphatic carbocycles. The number of benzene rings is 1. The summed E-state index contributed by atoms with van der Waals surface area (Å²) in [7, 11) is 0. The van der Waals surface area contributed by atoms with Gasteiger partial charge in [-0.25, -0.2) is 4.79 Å². The van der Waals surface area contributed by atoms with Crippen molar-refractivity contribution in [2.75, 3.05) is 6.54 Å². The van der Waals surface area contributed by atoms with Gasteiger partial charge in [-0.2, -0.15) is 5.10 Å². The zero-order chi connectivity index (χ0) is 20.8. The molecule has 154 valence electrons. The number of nitrogens with zero attached hydrogens (tertiary/aromatic N) is 3. The van der Waals surface area contributed by atoms with E-state index < -0.39 is 0 Å². The van der Waals surface area contributed by atoms with E-state index in [0.29, 0.717) is 18.8 Å². The molecule has 30 heavy (non-hydrogen) atoms. The van der Waals surface area contributed by atoms with Crippen LogP contribution in [0.1, 0.15) is 18.9 Å². The van der Waals surface area contributed by atoms with E-state index in [2.05, 4.69) is 30.8 Å². The molecule has 1 aromatic heterocycles. The number of hydrogen-bond acceptors (Lipinski definition) is 5. The van der Waals surface area contributed by atoms with Gasteiger partial charge in [-0.15, -0.1) is 0 Å². The van der Waals surface area contributed by atoms with E-state index >= 15 is 0 Å². The summed E-state index contributed by atoms with van der Waals surface area (Å²) in [5, 5.41) is 12.4. The second-order valence-electron chi connectivity index (χ2n) is 7.15. The van der Waals surface area contributed by atoms with Gasteiger partial charge in [0.2, 0.25) is 0 Å². The minimum Gasteiger partial charge on any atom is -0.491 e. The highest BCUT2D eigenvalue weighted by atomic mass is 16.5. The summed E-state index contributed by atoms with van der Waals surface area (Å²) in [5.41, 5.74) is 1.92. The van der Waals surface area contributed by atoms with Crippen molar-refractivity contribution in [1.29, 1.82) is 0 Å². The van der Waals surface area contributed by atoms with Crippen LogP contribution in [-0.4, -0.2) is 53.0 Å². The first kappa shape index (κ1) is 19.6. The Labute approximate surface area is 174 Å². The number of H-pyrrole nitrogens is 1. The lowest BCUT2D eigenvalue weighted by molar-refractivity contribution is 0.208. The third-order valence-corrected chi connectivity index (χ3v) is 4.82. The highest BCUT2D eigenvalue weighted by Crippen LogP contribution is 2.22. The zero-order valence-corrected chi connectivity index (χ0v) is 16.7. The van der Waals surface area contributed by atoms with E-state index in [0.717, 1.165) is 16.9 Å². The Morgan fingerprint density at radius 1 is 1.27 bits per heavy atom. The van der Waals surface area contributed by atoms with Crippen LogP contribution in [-0.2, 0) is 0 Å². The van der Waals surface area contributed by atoms with E-state index in [9.17, 15) is 4.79 Å². The van der Waals surface area contributed by atoms with Gasteiger partial charge in [0, 0.05) is 36.5 Å². The van der Waals surface area contributed by atoms with Crippen LogP contribution in [0, 0.1) is 0 Å². The maximum atomic E-state index is 12.2. The van der Waals surface area contributed by atoms with Crippen molar-refractivity contribution >= 4 is 23.7 Å². The highest BCUT2D eigenvalue weighted by Gasteiger charge is 2.24. The third kappa shape index (κ3) is 5.02. The van der Waals surface area contributed by atoms with Crippen LogP contribution in [0.2, 0.25) is 0 Å². The molecular weight excluding hydrogens is 380 g/mol. The SMILES string of the molecule is C[C@@H](CCNC(=O)NC1=NC2C=C(c3cn[nH]c3)C=NC2C=C1)Oc1ccccc1. The number of para-hydroxylation sites is 1. The van der Waals surface area contributed by atoms with Crippen molar-refractivity contribution in [1.82, 2.24) is 20.8 Å². The summed E-state index contributed by atoms with van der Waals surface area (Å²) in [6.07, 6.45) is 11.8. The molecule has 0 saturated heterocycles. The molecule has 2 amide bonds. The number of amidine groups is 1. The molecule has 8 nitrogen and oxygen atoms in total. The summed E-state index contributed by atoms with van der Waals surface area (Å²) in [4.78, 5) is 21.4. The molecule has 4 rings (SSSR count). The first-order valence-corrected chi connectivity index (χ1v) is 9.94. The van der Waals surface area contributed by atoms with Crippen molar-refractivity contribution in [3.05, 3.63) is 66.5 Å². The number of carbonyl (C=O) groups excluding carboxylic acids is 1. The molecule has 2 aromatic rings. The molecule has 3 atom stereocenters. The van der Waals surface area contributed by atoms with E-state index in [-0.39, 0.29) is 24.2 Å². The van der Waals surface area contributed by atoms with Gasteiger partial charge in [0.25, 0.3) is 0 Å². The van der Waals surface area contributed by atoms with Gasteiger partial charge >= 0.3 is 6.03 Å².